The molecule has 0 saturated carbocycles. The van der Waals surface area contributed by atoms with E-state index >= 15 is 0 Å². The van der Waals surface area contributed by atoms with Gasteiger partial charge in [-0.25, -0.2) is 0 Å². The highest BCUT2D eigenvalue weighted by Crippen LogP contribution is 2.34. The molecule has 0 spiro atoms. The molecule has 0 bridgehead atoms. The minimum atomic E-state index is -4.41. The Bertz CT molecular complexity index is 894. The van der Waals surface area contributed by atoms with Crippen molar-refractivity contribution in [2.45, 2.75) is 12.2 Å². The van der Waals surface area contributed by atoms with Crippen LogP contribution < -0.4 is 10.1 Å². The number of carbonyl (C=O) groups excluding carboxylic acids is 1. The molecule has 1 aliphatic rings. The fourth-order valence-electron chi connectivity index (χ4n) is 3.42. The second-order valence-electron chi connectivity index (χ2n) is 6.97. The average molecular weight is 477 g/mol. The van der Waals surface area contributed by atoms with Crippen molar-refractivity contribution in [1.82, 2.24) is 10.2 Å². The van der Waals surface area contributed by atoms with Crippen molar-refractivity contribution in [1.29, 1.82) is 0 Å². The number of hydrogen-bond acceptors (Lipinski definition) is 4. The van der Waals surface area contributed by atoms with E-state index in [4.69, 9.17) is 32.7 Å². The van der Waals surface area contributed by atoms with Crippen molar-refractivity contribution < 1.29 is 27.4 Å². The number of nitrogens with one attached hydrogen (secondary N) is 1. The van der Waals surface area contributed by atoms with Gasteiger partial charge in [-0.3, -0.25) is 9.69 Å². The number of methoxy groups -OCH3 is 1. The van der Waals surface area contributed by atoms with Gasteiger partial charge in [0.1, 0.15) is 0 Å². The highest BCUT2D eigenvalue weighted by atomic mass is 35.5. The Morgan fingerprint density at radius 1 is 1.16 bits per heavy atom. The van der Waals surface area contributed by atoms with Gasteiger partial charge in [0.25, 0.3) is 5.91 Å². The van der Waals surface area contributed by atoms with Gasteiger partial charge in [0.2, 0.25) is 0 Å². The molecule has 0 aromatic heterocycles. The molecule has 5 nitrogen and oxygen atoms in total. The molecule has 168 valence electrons. The molecular formula is C21H21Cl2F3N2O3. The number of rotatable bonds is 6. The summed E-state index contributed by atoms with van der Waals surface area (Å²) >= 11 is 12.2. The van der Waals surface area contributed by atoms with Crippen LogP contribution in [0.1, 0.15) is 27.5 Å². The topological polar surface area (TPSA) is 50.8 Å². The summed E-state index contributed by atoms with van der Waals surface area (Å²) in [6.07, 6.45) is -4.41. The minimum Gasteiger partial charge on any atom is -0.494 e. The number of benzene rings is 2. The van der Waals surface area contributed by atoms with E-state index in [0.717, 1.165) is 12.1 Å². The molecule has 3 rings (SSSR count). The van der Waals surface area contributed by atoms with Crippen LogP contribution in [-0.4, -0.2) is 50.8 Å². The van der Waals surface area contributed by atoms with Gasteiger partial charge in [-0.15, -0.1) is 0 Å². The summed E-state index contributed by atoms with van der Waals surface area (Å²) in [5.41, 5.74) is 0.202. The average Bonchev–Trinajstić information content (AvgIpc) is 2.74. The van der Waals surface area contributed by atoms with Gasteiger partial charge in [0.15, 0.2) is 5.75 Å². The third kappa shape index (κ3) is 5.83. The lowest BCUT2D eigenvalue weighted by atomic mass is 10.0. The van der Waals surface area contributed by atoms with Crippen LogP contribution in [0.2, 0.25) is 10.0 Å². The van der Waals surface area contributed by atoms with E-state index in [0.29, 0.717) is 31.9 Å². The summed E-state index contributed by atoms with van der Waals surface area (Å²) in [7, 11) is 1.42. The van der Waals surface area contributed by atoms with Crippen molar-refractivity contribution >= 4 is 29.1 Å². The maximum Gasteiger partial charge on any atom is 0.416 e. The quantitative estimate of drug-likeness (QED) is 0.648. The predicted molar refractivity (Wildman–Crippen MR) is 112 cm³/mol. The van der Waals surface area contributed by atoms with Crippen LogP contribution in [-0.2, 0) is 10.9 Å². The first-order valence-electron chi connectivity index (χ1n) is 9.51. The van der Waals surface area contributed by atoms with Crippen molar-refractivity contribution in [3.05, 3.63) is 63.1 Å². The van der Waals surface area contributed by atoms with Crippen molar-refractivity contribution in [2.24, 2.45) is 0 Å². The summed E-state index contributed by atoms with van der Waals surface area (Å²) in [4.78, 5) is 14.8. The van der Waals surface area contributed by atoms with Gasteiger partial charge in [0.05, 0.1) is 42.0 Å². The van der Waals surface area contributed by atoms with E-state index in [2.05, 4.69) is 10.2 Å². The Morgan fingerprint density at radius 3 is 2.26 bits per heavy atom. The maximum atomic E-state index is 12.9. The molecule has 1 atom stereocenters. The van der Waals surface area contributed by atoms with Crippen LogP contribution in [0.5, 0.6) is 5.75 Å². The van der Waals surface area contributed by atoms with E-state index in [1.54, 1.807) is 0 Å². The Balaban J connectivity index is 1.78. The smallest absolute Gasteiger partial charge is 0.416 e. The van der Waals surface area contributed by atoms with Crippen molar-refractivity contribution in [3.8, 4) is 5.75 Å². The van der Waals surface area contributed by atoms with Gasteiger partial charge in [-0.05, 0) is 29.8 Å². The monoisotopic (exact) mass is 476 g/mol. The fraction of sp³-hybridized carbons (Fsp3) is 0.381. The van der Waals surface area contributed by atoms with E-state index in [9.17, 15) is 18.0 Å². The second-order valence-corrected chi connectivity index (χ2v) is 7.78. The number of hydrogen-bond donors (Lipinski definition) is 1. The SMILES string of the molecule is COc1c(Cl)cc(C(=O)NCC(c2ccc(C(F)(F)F)cc2)N2CCOCC2)cc1Cl. The fourth-order valence-corrected chi connectivity index (χ4v) is 4.06. The third-order valence-corrected chi connectivity index (χ3v) is 5.59. The molecule has 1 unspecified atom stereocenters. The summed E-state index contributed by atoms with van der Waals surface area (Å²) in [6, 6.07) is 7.56. The Labute approximate surface area is 188 Å². The molecule has 1 aliphatic heterocycles. The summed E-state index contributed by atoms with van der Waals surface area (Å²) in [5, 5.41) is 3.23. The van der Waals surface area contributed by atoms with Gasteiger partial charge < -0.3 is 14.8 Å². The first-order chi connectivity index (χ1) is 14.7. The predicted octanol–water partition coefficient (Wildman–Crippen LogP) is 4.82. The zero-order valence-corrected chi connectivity index (χ0v) is 18.2. The van der Waals surface area contributed by atoms with E-state index < -0.39 is 17.6 Å². The van der Waals surface area contributed by atoms with Crippen LogP contribution in [0, 0.1) is 0 Å². The Hall–Kier alpha value is -2.00. The molecule has 1 fully saturated rings. The molecule has 10 heteroatoms. The van der Waals surface area contributed by atoms with E-state index in [1.807, 2.05) is 0 Å². The van der Waals surface area contributed by atoms with E-state index in [-0.39, 0.29) is 33.9 Å². The third-order valence-electron chi connectivity index (χ3n) is 5.03. The van der Waals surface area contributed by atoms with Crippen molar-refractivity contribution in [3.63, 3.8) is 0 Å². The molecule has 1 saturated heterocycles. The second kappa shape index (κ2) is 10.1. The molecule has 1 N–H and O–H groups in total. The maximum absolute atomic E-state index is 12.9. The summed E-state index contributed by atoms with van der Waals surface area (Å²) in [5.74, 6) is -0.132. The van der Waals surface area contributed by atoms with E-state index in [1.165, 1.54) is 31.4 Å². The number of halogens is 5. The highest BCUT2D eigenvalue weighted by molar-refractivity contribution is 6.37. The van der Waals surface area contributed by atoms with Crippen LogP contribution in [0.15, 0.2) is 36.4 Å². The van der Waals surface area contributed by atoms with Gasteiger partial charge in [0, 0.05) is 25.2 Å². The Kier molecular flexibility index (Phi) is 7.69. The molecular weight excluding hydrogens is 456 g/mol. The summed E-state index contributed by atoms with van der Waals surface area (Å²) < 4.78 is 49.2. The molecule has 1 amide bonds. The minimum absolute atomic E-state index is 0.186. The number of amides is 1. The van der Waals surface area contributed by atoms with Gasteiger partial charge in [-0.1, -0.05) is 35.3 Å². The lowest BCUT2D eigenvalue weighted by Gasteiger charge is -2.35. The number of morpholine rings is 1. The number of carbonyl (C=O) groups is 1. The van der Waals surface area contributed by atoms with Crippen LogP contribution >= 0.6 is 23.2 Å². The normalized spacial score (nSPS) is 16.1. The molecule has 2 aromatic carbocycles. The van der Waals surface area contributed by atoms with Gasteiger partial charge >= 0.3 is 6.18 Å². The summed E-state index contributed by atoms with van der Waals surface area (Å²) in [6.45, 7) is 2.40. The largest absolute Gasteiger partial charge is 0.494 e. The highest BCUT2D eigenvalue weighted by Gasteiger charge is 2.31. The van der Waals surface area contributed by atoms with Crippen LogP contribution in [0.25, 0.3) is 0 Å². The standard InChI is InChI=1S/C21H21Cl2F3N2O3/c1-30-19-16(22)10-14(11-17(19)23)20(29)27-12-18(28-6-8-31-9-7-28)13-2-4-15(5-3-13)21(24,25)26/h2-5,10-11,18H,6-9,12H2,1H3,(H,27,29). The van der Waals surface area contributed by atoms with Gasteiger partial charge in [-0.2, -0.15) is 13.2 Å². The molecule has 0 aliphatic carbocycles. The number of ether oxygens (including phenoxy) is 2. The van der Waals surface area contributed by atoms with Crippen LogP contribution in [0.4, 0.5) is 13.2 Å². The lowest BCUT2D eigenvalue weighted by molar-refractivity contribution is -0.137. The van der Waals surface area contributed by atoms with Crippen molar-refractivity contribution in [2.75, 3.05) is 40.0 Å². The Morgan fingerprint density at radius 2 is 1.74 bits per heavy atom. The first kappa shape index (κ1) is 23.7. The molecule has 1 heterocycles. The lowest BCUT2D eigenvalue weighted by Crippen LogP contribution is -2.43. The number of nitrogens with zero attached hydrogens (tertiary/aromatic N) is 1. The zero-order chi connectivity index (χ0) is 22.6. The first-order valence-corrected chi connectivity index (χ1v) is 10.3. The number of alkyl halides is 3. The zero-order valence-electron chi connectivity index (χ0n) is 16.6. The molecule has 31 heavy (non-hydrogen) atoms. The van der Waals surface area contributed by atoms with Crippen LogP contribution in [0.3, 0.4) is 0 Å². The molecule has 2 aromatic rings. The molecule has 0 radical (unpaired) electrons.